The number of aromatic nitrogens is 3. The molecule has 0 spiro atoms. The minimum absolute atomic E-state index is 0.0954. The minimum atomic E-state index is -0.586. The molecule has 0 aliphatic carbocycles. The number of unbranched alkanes of at least 4 members (excludes halogenated alkanes) is 1. The number of carbonyl (C=O) groups is 2. The van der Waals surface area contributed by atoms with Gasteiger partial charge in [-0.05, 0) is 44.9 Å². The van der Waals surface area contributed by atoms with Gasteiger partial charge in [0.25, 0.3) is 5.91 Å². The minimum Gasteiger partial charge on any atom is -0.493 e. The van der Waals surface area contributed by atoms with Crippen molar-refractivity contribution in [3.63, 3.8) is 0 Å². The van der Waals surface area contributed by atoms with Gasteiger partial charge in [0.05, 0.1) is 12.7 Å². The van der Waals surface area contributed by atoms with Gasteiger partial charge in [0.15, 0.2) is 18.1 Å². The fourth-order valence-corrected chi connectivity index (χ4v) is 4.82. The van der Waals surface area contributed by atoms with Gasteiger partial charge in [0.1, 0.15) is 6.04 Å². The summed E-state index contributed by atoms with van der Waals surface area (Å²) in [7, 11) is 1.53. The van der Waals surface area contributed by atoms with Crippen LogP contribution in [0.1, 0.15) is 52.1 Å². The Morgan fingerprint density at radius 2 is 1.97 bits per heavy atom. The van der Waals surface area contributed by atoms with Crippen molar-refractivity contribution in [3.8, 4) is 11.5 Å². The summed E-state index contributed by atoms with van der Waals surface area (Å²) >= 11 is 1.57. The molecule has 1 aromatic heterocycles. The summed E-state index contributed by atoms with van der Waals surface area (Å²) in [5.74, 6) is 1.67. The van der Waals surface area contributed by atoms with Crippen molar-refractivity contribution >= 4 is 29.5 Å². The van der Waals surface area contributed by atoms with Crippen LogP contribution in [0.15, 0.2) is 34.6 Å². The number of carbonyl (C=O) groups excluding carboxylic acids is 2. The molecule has 3 N–H and O–H groups in total. The number of rotatable bonds is 12. The van der Waals surface area contributed by atoms with Gasteiger partial charge in [-0.3, -0.25) is 9.59 Å². The Balaban J connectivity index is 1.94. The lowest BCUT2D eigenvalue weighted by molar-refractivity contribution is -0.133. The molecule has 11 heteroatoms. The second kappa shape index (κ2) is 12.0. The average Bonchev–Trinajstić information content (AvgIpc) is 3.24. The molecule has 1 aromatic carbocycles. The smallest absolute Gasteiger partial charge is 0.260 e. The number of nitrogens with zero attached hydrogens (tertiary/aromatic N) is 4. The third-order valence-electron chi connectivity index (χ3n) is 5.80. The average molecular weight is 503 g/mol. The van der Waals surface area contributed by atoms with Gasteiger partial charge in [-0.2, -0.15) is 4.98 Å². The predicted octanol–water partition coefficient (Wildman–Crippen LogP) is 3.20. The molecule has 35 heavy (non-hydrogen) atoms. The van der Waals surface area contributed by atoms with E-state index in [-0.39, 0.29) is 12.5 Å². The summed E-state index contributed by atoms with van der Waals surface area (Å²) in [5, 5.41) is 8.45. The largest absolute Gasteiger partial charge is 0.493 e. The zero-order valence-electron chi connectivity index (χ0n) is 21.0. The lowest BCUT2D eigenvalue weighted by Crippen LogP contribution is -2.34. The standard InChI is InChI=1S/C24H34N6O4S/c1-6-9-12-35-24-27-23-26-15(4)20(22(25)32)21(30(23)28-24)16-10-11-17(18(13-16)33-5)34-14-19(31)29(7-2)8-3/h10-11,13,21H,6-9,12,14H2,1-5H3,(H2,25,32)(H,26,27,28). The molecule has 1 unspecified atom stereocenters. The number of hydrogen-bond donors (Lipinski definition) is 2. The first kappa shape index (κ1) is 26.4. The molecule has 0 saturated heterocycles. The number of primary amides is 1. The highest BCUT2D eigenvalue weighted by molar-refractivity contribution is 7.99. The molecule has 0 bridgehead atoms. The number of likely N-dealkylation sites (N-methyl/N-ethyl adjacent to an activating group) is 1. The fourth-order valence-electron chi connectivity index (χ4n) is 3.91. The second-order valence-corrected chi connectivity index (χ2v) is 9.12. The molecule has 0 saturated carbocycles. The molecule has 1 aliphatic heterocycles. The summed E-state index contributed by atoms with van der Waals surface area (Å²) in [6.45, 7) is 8.92. The summed E-state index contributed by atoms with van der Waals surface area (Å²) in [6, 6.07) is 4.74. The normalized spacial score (nSPS) is 14.8. The number of benzene rings is 1. The molecule has 3 rings (SSSR count). The van der Waals surface area contributed by atoms with Crippen molar-refractivity contribution in [2.75, 3.05) is 37.9 Å². The summed E-state index contributed by atoms with van der Waals surface area (Å²) in [4.78, 5) is 31.1. The summed E-state index contributed by atoms with van der Waals surface area (Å²) in [5.41, 5.74) is 7.52. The molecule has 1 aliphatic rings. The molecule has 2 heterocycles. The second-order valence-electron chi connectivity index (χ2n) is 8.06. The lowest BCUT2D eigenvalue weighted by Gasteiger charge is -2.28. The highest BCUT2D eigenvalue weighted by atomic mass is 32.2. The van der Waals surface area contributed by atoms with E-state index in [0.29, 0.717) is 47.0 Å². The Morgan fingerprint density at radius 3 is 2.60 bits per heavy atom. The van der Waals surface area contributed by atoms with Crippen LogP contribution in [0.3, 0.4) is 0 Å². The summed E-state index contributed by atoms with van der Waals surface area (Å²) in [6.07, 6.45) is 2.15. The van der Waals surface area contributed by atoms with Crippen LogP contribution in [-0.4, -0.2) is 64.0 Å². The first-order chi connectivity index (χ1) is 16.8. The van der Waals surface area contributed by atoms with Crippen molar-refractivity contribution in [1.29, 1.82) is 0 Å². The van der Waals surface area contributed by atoms with E-state index in [0.717, 1.165) is 24.2 Å². The van der Waals surface area contributed by atoms with Crippen LogP contribution >= 0.6 is 11.8 Å². The van der Waals surface area contributed by atoms with Crippen molar-refractivity contribution in [2.24, 2.45) is 5.73 Å². The van der Waals surface area contributed by atoms with Crippen LogP contribution < -0.4 is 20.5 Å². The Hall–Kier alpha value is -3.21. The maximum atomic E-state index is 12.5. The number of nitrogens with one attached hydrogen (secondary N) is 1. The Kier molecular flexibility index (Phi) is 9.02. The topological polar surface area (TPSA) is 125 Å². The van der Waals surface area contributed by atoms with Crippen LogP contribution in [0.5, 0.6) is 11.5 Å². The number of hydrogen-bond acceptors (Lipinski definition) is 8. The van der Waals surface area contributed by atoms with Gasteiger partial charge in [-0.25, -0.2) is 4.68 Å². The monoisotopic (exact) mass is 502 g/mol. The number of ether oxygens (including phenoxy) is 2. The molecular formula is C24H34N6O4S. The van der Waals surface area contributed by atoms with Crippen LogP contribution in [0.4, 0.5) is 5.95 Å². The lowest BCUT2D eigenvalue weighted by atomic mass is 9.95. The Morgan fingerprint density at radius 1 is 1.23 bits per heavy atom. The van der Waals surface area contributed by atoms with E-state index < -0.39 is 11.9 Å². The van der Waals surface area contributed by atoms with Gasteiger partial charge < -0.3 is 25.4 Å². The predicted molar refractivity (Wildman–Crippen MR) is 136 cm³/mol. The van der Waals surface area contributed by atoms with Crippen molar-refractivity contribution in [2.45, 2.75) is 51.7 Å². The van der Waals surface area contributed by atoms with E-state index >= 15 is 0 Å². The summed E-state index contributed by atoms with van der Waals surface area (Å²) < 4.78 is 13.0. The SMILES string of the molecule is CCCCSc1nc2n(n1)C(c1ccc(OCC(=O)N(CC)CC)c(OC)c1)C(C(N)=O)=C(C)N2. The third kappa shape index (κ3) is 5.90. The third-order valence-corrected chi connectivity index (χ3v) is 6.72. The zero-order valence-corrected chi connectivity index (χ0v) is 21.8. The van der Waals surface area contributed by atoms with Crippen LogP contribution in [-0.2, 0) is 9.59 Å². The number of anilines is 1. The first-order valence-electron chi connectivity index (χ1n) is 11.8. The molecule has 190 valence electrons. The van der Waals surface area contributed by atoms with E-state index in [9.17, 15) is 9.59 Å². The number of nitrogens with two attached hydrogens (primary N) is 1. The van der Waals surface area contributed by atoms with Gasteiger partial charge >= 0.3 is 0 Å². The van der Waals surface area contributed by atoms with Gasteiger partial charge in [-0.15, -0.1) is 5.10 Å². The first-order valence-corrected chi connectivity index (χ1v) is 12.8. The van der Waals surface area contributed by atoms with E-state index in [1.807, 2.05) is 19.9 Å². The van der Waals surface area contributed by atoms with Gasteiger partial charge in [-0.1, -0.05) is 31.2 Å². The van der Waals surface area contributed by atoms with Crippen molar-refractivity contribution in [1.82, 2.24) is 19.7 Å². The van der Waals surface area contributed by atoms with Crippen LogP contribution in [0.2, 0.25) is 0 Å². The highest BCUT2D eigenvalue weighted by Gasteiger charge is 2.34. The number of methoxy groups -OCH3 is 1. The van der Waals surface area contributed by atoms with E-state index in [1.165, 1.54) is 7.11 Å². The maximum Gasteiger partial charge on any atom is 0.260 e. The van der Waals surface area contributed by atoms with Gasteiger partial charge in [0.2, 0.25) is 17.0 Å². The van der Waals surface area contributed by atoms with Crippen LogP contribution in [0, 0.1) is 0 Å². The Labute approximate surface area is 210 Å². The zero-order chi connectivity index (χ0) is 25.5. The van der Waals surface area contributed by atoms with Gasteiger partial charge in [0, 0.05) is 24.5 Å². The number of amides is 2. The Bertz CT molecular complexity index is 1100. The van der Waals surface area contributed by atoms with Crippen LogP contribution in [0.25, 0.3) is 0 Å². The number of fused-ring (bicyclic) bond motifs is 1. The molecule has 2 amide bonds. The maximum absolute atomic E-state index is 12.5. The molecule has 10 nitrogen and oxygen atoms in total. The molecule has 2 aromatic rings. The molecule has 0 fully saturated rings. The molecule has 1 atom stereocenters. The quantitative estimate of drug-likeness (QED) is 0.335. The van der Waals surface area contributed by atoms with Crippen molar-refractivity contribution < 1.29 is 19.1 Å². The van der Waals surface area contributed by atoms with E-state index in [2.05, 4.69) is 22.3 Å². The van der Waals surface area contributed by atoms with E-state index in [1.54, 1.807) is 40.4 Å². The van der Waals surface area contributed by atoms with Crippen molar-refractivity contribution in [3.05, 3.63) is 35.0 Å². The van der Waals surface area contributed by atoms with E-state index in [4.69, 9.17) is 15.2 Å². The molecular weight excluding hydrogens is 468 g/mol. The fraction of sp³-hybridized carbons (Fsp3) is 0.500. The number of allylic oxidation sites excluding steroid dienone is 1. The number of thioether (sulfide) groups is 1. The highest BCUT2D eigenvalue weighted by Crippen LogP contribution is 2.39. The molecule has 0 radical (unpaired) electrons.